The van der Waals surface area contributed by atoms with E-state index < -0.39 is 12.6 Å². The number of nitrogens with zero attached hydrogens (tertiary/aromatic N) is 3. The molecular formula is C8H8F3N3. The van der Waals surface area contributed by atoms with Gasteiger partial charge in [-0.3, -0.25) is 4.68 Å². The van der Waals surface area contributed by atoms with Crippen LogP contribution in [0.25, 0.3) is 0 Å². The zero-order valence-corrected chi connectivity index (χ0v) is 7.47. The summed E-state index contributed by atoms with van der Waals surface area (Å²) >= 11 is 0. The van der Waals surface area contributed by atoms with Gasteiger partial charge < -0.3 is 0 Å². The minimum absolute atomic E-state index is 0.189. The fourth-order valence-electron chi connectivity index (χ4n) is 1.03. The molecule has 0 aromatic carbocycles. The van der Waals surface area contributed by atoms with Crippen LogP contribution in [-0.2, 0) is 6.54 Å². The molecule has 1 aromatic rings. The molecule has 0 atom stereocenters. The number of aromatic nitrogens is 2. The van der Waals surface area contributed by atoms with Crippen LogP contribution in [0.1, 0.15) is 17.7 Å². The van der Waals surface area contributed by atoms with E-state index in [4.69, 9.17) is 5.26 Å². The average Bonchev–Trinajstić information content (AvgIpc) is 2.41. The van der Waals surface area contributed by atoms with Crippen molar-refractivity contribution < 1.29 is 13.2 Å². The van der Waals surface area contributed by atoms with Crippen molar-refractivity contribution in [1.29, 1.82) is 5.26 Å². The van der Waals surface area contributed by atoms with E-state index in [1.807, 2.05) is 6.07 Å². The molecule has 0 fully saturated rings. The van der Waals surface area contributed by atoms with Crippen LogP contribution in [0, 0.1) is 18.3 Å². The lowest BCUT2D eigenvalue weighted by Crippen LogP contribution is -2.14. The van der Waals surface area contributed by atoms with E-state index in [0.717, 1.165) is 4.68 Å². The van der Waals surface area contributed by atoms with Gasteiger partial charge in [-0.15, -0.1) is 0 Å². The first-order valence-electron chi connectivity index (χ1n) is 3.93. The Hall–Kier alpha value is -1.51. The first kappa shape index (κ1) is 10.6. The molecule has 0 radical (unpaired) electrons. The monoisotopic (exact) mass is 203 g/mol. The third kappa shape index (κ3) is 2.49. The molecule has 0 saturated heterocycles. The first-order valence-corrected chi connectivity index (χ1v) is 3.93. The Bertz CT molecular complexity index is 359. The Morgan fingerprint density at radius 3 is 2.71 bits per heavy atom. The van der Waals surface area contributed by atoms with Crippen LogP contribution in [0.15, 0.2) is 6.20 Å². The molecule has 0 spiro atoms. The zero-order valence-electron chi connectivity index (χ0n) is 7.47. The molecule has 14 heavy (non-hydrogen) atoms. The predicted octanol–water partition coefficient (Wildman–Crippen LogP) is 2.02. The second-order valence-corrected chi connectivity index (χ2v) is 2.88. The van der Waals surface area contributed by atoms with E-state index in [1.54, 1.807) is 6.92 Å². The van der Waals surface area contributed by atoms with Crippen molar-refractivity contribution in [3.05, 3.63) is 17.5 Å². The summed E-state index contributed by atoms with van der Waals surface area (Å²) in [6.07, 6.45) is -3.80. The Kier molecular flexibility index (Phi) is 2.79. The van der Waals surface area contributed by atoms with Gasteiger partial charge in [-0.05, 0) is 6.92 Å². The summed E-state index contributed by atoms with van der Waals surface area (Å²) in [6.45, 7) is 1.33. The summed E-state index contributed by atoms with van der Waals surface area (Å²) in [5.74, 6) is 0. The fourth-order valence-corrected chi connectivity index (χ4v) is 1.03. The summed E-state index contributed by atoms with van der Waals surface area (Å²) in [6, 6.07) is 1.81. The second kappa shape index (κ2) is 3.70. The number of aryl methyl sites for hydroxylation is 2. The first-order chi connectivity index (χ1) is 6.44. The van der Waals surface area contributed by atoms with Crippen molar-refractivity contribution >= 4 is 0 Å². The summed E-state index contributed by atoms with van der Waals surface area (Å²) in [4.78, 5) is 0. The molecule has 76 valence electrons. The number of rotatable bonds is 2. The van der Waals surface area contributed by atoms with Crippen molar-refractivity contribution in [3.63, 3.8) is 0 Å². The van der Waals surface area contributed by atoms with Crippen LogP contribution in [0.2, 0.25) is 0 Å². The molecule has 3 nitrogen and oxygen atoms in total. The molecule has 0 aliphatic heterocycles. The van der Waals surface area contributed by atoms with E-state index in [0.29, 0.717) is 5.56 Å². The number of nitriles is 1. The Morgan fingerprint density at radius 2 is 2.21 bits per heavy atom. The molecule has 0 bridgehead atoms. The van der Waals surface area contributed by atoms with Crippen molar-refractivity contribution in [2.24, 2.45) is 0 Å². The topological polar surface area (TPSA) is 41.6 Å². The van der Waals surface area contributed by atoms with E-state index in [2.05, 4.69) is 5.10 Å². The lowest BCUT2D eigenvalue weighted by molar-refractivity contribution is -0.137. The third-order valence-corrected chi connectivity index (χ3v) is 1.74. The number of alkyl halides is 3. The van der Waals surface area contributed by atoms with Gasteiger partial charge in [0, 0.05) is 5.56 Å². The highest BCUT2D eigenvalue weighted by molar-refractivity contribution is 5.28. The molecule has 0 aliphatic carbocycles. The normalized spacial score (nSPS) is 11.4. The number of halogens is 3. The van der Waals surface area contributed by atoms with E-state index in [1.165, 1.54) is 6.20 Å². The minimum atomic E-state index is -4.22. The Morgan fingerprint density at radius 1 is 1.57 bits per heavy atom. The molecule has 0 unspecified atom stereocenters. The van der Waals surface area contributed by atoms with Crippen LogP contribution in [0.5, 0.6) is 0 Å². The third-order valence-electron chi connectivity index (χ3n) is 1.74. The van der Waals surface area contributed by atoms with Crippen molar-refractivity contribution in [2.75, 3.05) is 0 Å². The number of hydrogen-bond acceptors (Lipinski definition) is 2. The van der Waals surface area contributed by atoms with Gasteiger partial charge in [-0.2, -0.15) is 23.5 Å². The molecule has 0 saturated carbocycles. The predicted molar refractivity (Wildman–Crippen MR) is 42.4 cm³/mol. The molecule has 0 amide bonds. The molecule has 6 heteroatoms. The summed E-state index contributed by atoms with van der Waals surface area (Å²) < 4.78 is 36.7. The minimum Gasteiger partial charge on any atom is -0.254 e. The summed E-state index contributed by atoms with van der Waals surface area (Å²) in [7, 11) is 0. The van der Waals surface area contributed by atoms with Crippen molar-refractivity contribution in [3.8, 4) is 6.07 Å². The van der Waals surface area contributed by atoms with Gasteiger partial charge in [-0.25, -0.2) is 0 Å². The van der Waals surface area contributed by atoms with E-state index >= 15 is 0 Å². The van der Waals surface area contributed by atoms with Crippen molar-refractivity contribution in [2.45, 2.75) is 26.1 Å². The number of hydrogen-bond donors (Lipinski definition) is 0. The standard InChI is InChI=1S/C8H8F3N3/c1-6-5-13-14(7(6)4-12)3-2-8(9,10)11/h5H,2-3H2,1H3. The summed E-state index contributed by atoms with van der Waals surface area (Å²) in [5.41, 5.74) is 0.781. The highest BCUT2D eigenvalue weighted by Crippen LogP contribution is 2.20. The SMILES string of the molecule is Cc1cnn(CCC(F)(F)F)c1C#N. The largest absolute Gasteiger partial charge is 0.390 e. The lowest BCUT2D eigenvalue weighted by Gasteiger charge is -2.06. The van der Waals surface area contributed by atoms with Crippen LogP contribution < -0.4 is 0 Å². The van der Waals surface area contributed by atoms with Gasteiger partial charge in [-0.1, -0.05) is 0 Å². The van der Waals surface area contributed by atoms with Gasteiger partial charge in [0.05, 0.1) is 19.2 Å². The van der Waals surface area contributed by atoms with E-state index in [-0.39, 0.29) is 12.2 Å². The Labute approximate surface area is 78.8 Å². The van der Waals surface area contributed by atoms with Gasteiger partial charge >= 0.3 is 6.18 Å². The highest BCUT2D eigenvalue weighted by atomic mass is 19.4. The lowest BCUT2D eigenvalue weighted by atomic mass is 10.3. The zero-order chi connectivity index (χ0) is 10.8. The van der Waals surface area contributed by atoms with Crippen molar-refractivity contribution in [1.82, 2.24) is 9.78 Å². The molecule has 0 N–H and O–H groups in total. The van der Waals surface area contributed by atoms with Gasteiger partial charge in [0.25, 0.3) is 0 Å². The second-order valence-electron chi connectivity index (χ2n) is 2.88. The molecule has 1 rings (SSSR count). The highest BCUT2D eigenvalue weighted by Gasteiger charge is 2.27. The van der Waals surface area contributed by atoms with Gasteiger partial charge in [0.15, 0.2) is 0 Å². The van der Waals surface area contributed by atoms with Crippen LogP contribution in [-0.4, -0.2) is 16.0 Å². The molecule has 0 aliphatic rings. The van der Waals surface area contributed by atoms with Crippen LogP contribution >= 0.6 is 0 Å². The molecule has 1 heterocycles. The van der Waals surface area contributed by atoms with Crippen LogP contribution in [0.3, 0.4) is 0 Å². The fraction of sp³-hybridized carbons (Fsp3) is 0.500. The summed E-state index contributed by atoms with van der Waals surface area (Å²) in [5, 5.41) is 12.3. The van der Waals surface area contributed by atoms with Crippen LogP contribution in [0.4, 0.5) is 13.2 Å². The smallest absolute Gasteiger partial charge is 0.254 e. The quantitative estimate of drug-likeness (QED) is 0.737. The molecular weight excluding hydrogens is 195 g/mol. The maximum absolute atomic E-state index is 11.9. The Balaban J connectivity index is 2.74. The molecule has 1 aromatic heterocycles. The maximum Gasteiger partial charge on any atom is 0.390 e. The maximum atomic E-state index is 11.9. The van der Waals surface area contributed by atoms with E-state index in [9.17, 15) is 13.2 Å². The van der Waals surface area contributed by atoms with Gasteiger partial charge in [0.1, 0.15) is 11.8 Å². The average molecular weight is 203 g/mol. The van der Waals surface area contributed by atoms with Gasteiger partial charge in [0.2, 0.25) is 0 Å².